The van der Waals surface area contributed by atoms with Gasteiger partial charge in [-0.05, 0) is 26.0 Å². The van der Waals surface area contributed by atoms with E-state index in [2.05, 4.69) is 10.6 Å². The lowest BCUT2D eigenvalue weighted by atomic mass is 10.3. The van der Waals surface area contributed by atoms with E-state index in [4.69, 9.17) is 0 Å². The van der Waals surface area contributed by atoms with Crippen molar-refractivity contribution in [2.75, 3.05) is 5.32 Å². The summed E-state index contributed by atoms with van der Waals surface area (Å²) < 4.78 is 25.5. The molecule has 0 heterocycles. The van der Waals surface area contributed by atoms with Gasteiger partial charge in [-0.25, -0.2) is 13.6 Å². The first kappa shape index (κ1) is 11.4. The molecule has 0 aliphatic heterocycles. The Hall–Kier alpha value is -1.65. The van der Waals surface area contributed by atoms with Crippen LogP contribution in [-0.4, -0.2) is 12.1 Å². The highest BCUT2D eigenvalue weighted by atomic mass is 19.1. The van der Waals surface area contributed by atoms with Crippen molar-refractivity contribution in [1.29, 1.82) is 0 Å². The summed E-state index contributed by atoms with van der Waals surface area (Å²) in [5, 5.41) is 4.86. The van der Waals surface area contributed by atoms with Crippen molar-refractivity contribution >= 4 is 11.7 Å². The standard InChI is InChI=1S/C10H12F2N2O/c1-6(2)13-10(15)14-9-4-7(11)3-8(12)5-9/h3-6H,1-2H3,(H2,13,14,15). The number of halogens is 2. The number of amides is 2. The van der Waals surface area contributed by atoms with E-state index in [0.717, 1.165) is 18.2 Å². The Morgan fingerprint density at radius 1 is 1.20 bits per heavy atom. The number of benzene rings is 1. The van der Waals surface area contributed by atoms with Crippen LogP contribution in [0, 0.1) is 11.6 Å². The zero-order chi connectivity index (χ0) is 11.4. The zero-order valence-electron chi connectivity index (χ0n) is 8.47. The summed E-state index contributed by atoms with van der Waals surface area (Å²) in [5.41, 5.74) is 0.0886. The molecule has 0 radical (unpaired) electrons. The van der Waals surface area contributed by atoms with E-state index in [0.29, 0.717) is 0 Å². The van der Waals surface area contributed by atoms with Crippen molar-refractivity contribution in [1.82, 2.24) is 5.32 Å². The van der Waals surface area contributed by atoms with Crippen molar-refractivity contribution in [3.8, 4) is 0 Å². The van der Waals surface area contributed by atoms with Gasteiger partial charge in [0.1, 0.15) is 11.6 Å². The Morgan fingerprint density at radius 2 is 1.73 bits per heavy atom. The maximum absolute atomic E-state index is 12.7. The lowest BCUT2D eigenvalue weighted by Gasteiger charge is -2.10. The quantitative estimate of drug-likeness (QED) is 0.780. The second-order valence-corrected chi connectivity index (χ2v) is 3.41. The van der Waals surface area contributed by atoms with Crippen LogP contribution in [-0.2, 0) is 0 Å². The fourth-order valence-electron chi connectivity index (χ4n) is 1.06. The third-order valence-electron chi connectivity index (χ3n) is 1.54. The van der Waals surface area contributed by atoms with Gasteiger partial charge in [0.05, 0.1) is 0 Å². The van der Waals surface area contributed by atoms with Gasteiger partial charge in [-0.2, -0.15) is 0 Å². The monoisotopic (exact) mass is 214 g/mol. The van der Waals surface area contributed by atoms with Gasteiger partial charge in [0.25, 0.3) is 0 Å². The van der Waals surface area contributed by atoms with Crippen molar-refractivity contribution in [3.63, 3.8) is 0 Å². The first-order valence-electron chi connectivity index (χ1n) is 4.51. The fourth-order valence-corrected chi connectivity index (χ4v) is 1.06. The van der Waals surface area contributed by atoms with E-state index in [1.807, 2.05) is 0 Å². The number of carbonyl (C=O) groups excluding carboxylic acids is 1. The molecule has 0 aromatic heterocycles. The minimum Gasteiger partial charge on any atom is -0.336 e. The smallest absolute Gasteiger partial charge is 0.319 e. The minimum absolute atomic E-state index is 0.0385. The molecule has 2 amide bonds. The summed E-state index contributed by atoms with van der Waals surface area (Å²) in [6.45, 7) is 3.57. The third kappa shape index (κ3) is 3.93. The van der Waals surface area contributed by atoms with E-state index < -0.39 is 17.7 Å². The molecule has 0 atom stereocenters. The van der Waals surface area contributed by atoms with E-state index in [-0.39, 0.29) is 11.7 Å². The molecule has 2 N–H and O–H groups in total. The third-order valence-corrected chi connectivity index (χ3v) is 1.54. The van der Waals surface area contributed by atoms with Gasteiger partial charge < -0.3 is 10.6 Å². The molecule has 0 fully saturated rings. The highest BCUT2D eigenvalue weighted by Gasteiger charge is 2.05. The van der Waals surface area contributed by atoms with Crippen molar-refractivity contribution in [3.05, 3.63) is 29.8 Å². The average Bonchev–Trinajstić information content (AvgIpc) is 1.98. The van der Waals surface area contributed by atoms with Gasteiger partial charge in [-0.15, -0.1) is 0 Å². The van der Waals surface area contributed by atoms with E-state index >= 15 is 0 Å². The van der Waals surface area contributed by atoms with Crippen LogP contribution in [0.25, 0.3) is 0 Å². The second-order valence-electron chi connectivity index (χ2n) is 3.41. The van der Waals surface area contributed by atoms with Crippen molar-refractivity contribution in [2.45, 2.75) is 19.9 Å². The summed E-state index contributed by atoms with van der Waals surface area (Å²) in [6.07, 6.45) is 0. The number of carbonyl (C=O) groups is 1. The molecule has 0 spiro atoms. The Morgan fingerprint density at radius 3 is 2.20 bits per heavy atom. The molecule has 5 heteroatoms. The summed E-state index contributed by atoms with van der Waals surface area (Å²) in [7, 11) is 0. The van der Waals surface area contributed by atoms with E-state index in [1.54, 1.807) is 13.8 Å². The number of rotatable bonds is 2. The normalized spacial score (nSPS) is 10.2. The number of nitrogens with one attached hydrogen (secondary N) is 2. The first-order chi connectivity index (χ1) is 6.97. The molecule has 0 aliphatic carbocycles. The summed E-state index contributed by atoms with van der Waals surface area (Å²) in [6, 6.07) is 2.30. The summed E-state index contributed by atoms with van der Waals surface area (Å²) in [5.74, 6) is -1.45. The summed E-state index contributed by atoms with van der Waals surface area (Å²) >= 11 is 0. The molecule has 0 saturated heterocycles. The van der Waals surface area contributed by atoms with Gasteiger partial charge in [-0.3, -0.25) is 0 Å². The van der Waals surface area contributed by atoms with Gasteiger partial charge in [0.2, 0.25) is 0 Å². The molecule has 0 saturated carbocycles. The minimum atomic E-state index is -0.727. The van der Waals surface area contributed by atoms with E-state index in [9.17, 15) is 13.6 Å². The molecule has 1 aromatic rings. The van der Waals surface area contributed by atoms with Crippen LogP contribution >= 0.6 is 0 Å². The van der Waals surface area contributed by atoms with Crippen LogP contribution in [0.1, 0.15) is 13.8 Å². The van der Waals surface area contributed by atoms with Crippen LogP contribution < -0.4 is 10.6 Å². The molecule has 1 rings (SSSR count). The number of hydrogen-bond acceptors (Lipinski definition) is 1. The lowest BCUT2D eigenvalue weighted by Crippen LogP contribution is -2.34. The average molecular weight is 214 g/mol. The molecule has 15 heavy (non-hydrogen) atoms. The van der Waals surface area contributed by atoms with Crippen LogP contribution in [0.3, 0.4) is 0 Å². The molecule has 0 unspecified atom stereocenters. The predicted molar refractivity (Wildman–Crippen MR) is 53.6 cm³/mol. The molecule has 1 aromatic carbocycles. The van der Waals surface area contributed by atoms with Crippen LogP contribution in [0.15, 0.2) is 18.2 Å². The fraction of sp³-hybridized carbons (Fsp3) is 0.300. The van der Waals surface area contributed by atoms with Gasteiger partial charge in [0, 0.05) is 17.8 Å². The van der Waals surface area contributed by atoms with Gasteiger partial charge in [-0.1, -0.05) is 0 Å². The molecule has 82 valence electrons. The SMILES string of the molecule is CC(C)NC(=O)Nc1cc(F)cc(F)c1. The topological polar surface area (TPSA) is 41.1 Å². The zero-order valence-corrected chi connectivity index (χ0v) is 8.47. The number of anilines is 1. The number of urea groups is 1. The Balaban J connectivity index is 2.68. The Labute approximate surface area is 86.5 Å². The Kier molecular flexibility index (Phi) is 3.60. The molecule has 0 bridgehead atoms. The van der Waals surface area contributed by atoms with Gasteiger partial charge >= 0.3 is 6.03 Å². The molecule has 3 nitrogen and oxygen atoms in total. The molecular formula is C10H12F2N2O. The lowest BCUT2D eigenvalue weighted by molar-refractivity contribution is 0.250. The number of hydrogen-bond donors (Lipinski definition) is 2. The largest absolute Gasteiger partial charge is 0.336 e. The highest BCUT2D eigenvalue weighted by molar-refractivity contribution is 5.89. The molecule has 0 aliphatic rings. The maximum Gasteiger partial charge on any atom is 0.319 e. The highest BCUT2D eigenvalue weighted by Crippen LogP contribution is 2.12. The second kappa shape index (κ2) is 4.72. The van der Waals surface area contributed by atoms with Crippen LogP contribution in [0.5, 0.6) is 0 Å². The van der Waals surface area contributed by atoms with E-state index in [1.165, 1.54) is 0 Å². The van der Waals surface area contributed by atoms with Crippen molar-refractivity contribution in [2.24, 2.45) is 0 Å². The Bertz CT molecular complexity index is 346. The maximum atomic E-state index is 12.7. The predicted octanol–water partition coefficient (Wildman–Crippen LogP) is 2.49. The van der Waals surface area contributed by atoms with Gasteiger partial charge in [0.15, 0.2) is 0 Å². The summed E-state index contributed by atoms with van der Waals surface area (Å²) in [4.78, 5) is 11.2. The van der Waals surface area contributed by atoms with Crippen LogP contribution in [0.2, 0.25) is 0 Å². The van der Waals surface area contributed by atoms with Crippen molar-refractivity contribution < 1.29 is 13.6 Å². The first-order valence-corrected chi connectivity index (χ1v) is 4.51. The molecular weight excluding hydrogens is 202 g/mol. The van der Waals surface area contributed by atoms with Crippen LogP contribution in [0.4, 0.5) is 19.3 Å².